The van der Waals surface area contributed by atoms with Gasteiger partial charge in [0, 0.05) is 27.4 Å². The number of benzene rings is 1. The molecule has 0 aliphatic rings. The Morgan fingerprint density at radius 2 is 2.06 bits per heavy atom. The molecule has 1 aromatic carbocycles. The van der Waals surface area contributed by atoms with E-state index < -0.39 is 0 Å². The van der Waals surface area contributed by atoms with E-state index >= 15 is 0 Å². The zero-order chi connectivity index (χ0) is 13.1. The zero-order valence-electron chi connectivity index (χ0n) is 11.0. The Morgan fingerprint density at radius 3 is 2.67 bits per heavy atom. The average Bonchev–Trinajstić information content (AvgIpc) is 2.66. The summed E-state index contributed by atoms with van der Waals surface area (Å²) < 4.78 is 0. The molecule has 2 rings (SSSR count). The van der Waals surface area contributed by atoms with Gasteiger partial charge in [-0.25, -0.2) is 0 Å². The van der Waals surface area contributed by atoms with Crippen LogP contribution >= 0.6 is 22.9 Å². The summed E-state index contributed by atoms with van der Waals surface area (Å²) in [4.78, 5) is 2.78. The van der Waals surface area contributed by atoms with Crippen molar-refractivity contribution in [2.75, 3.05) is 0 Å². The molecule has 3 heteroatoms. The first kappa shape index (κ1) is 13.6. The minimum absolute atomic E-state index is 0.369. The van der Waals surface area contributed by atoms with E-state index in [1.807, 2.05) is 29.5 Å². The van der Waals surface area contributed by atoms with Gasteiger partial charge >= 0.3 is 0 Å². The summed E-state index contributed by atoms with van der Waals surface area (Å²) in [5.41, 5.74) is 2.62. The minimum Gasteiger partial charge on any atom is -0.306 e. The molecule has 1 N–H and O–H groups in total. The highest BCUT2D eigenvalue weighted by atomic mass is 35.5. The van der Waals surface area contributed by atoms with Gasteiger partial charge in [0.2, 0.25) is 0 Å². The van der Waals surface area contributed by atoms with Crippen molar-refractivity contribution in [1.29, 1.82) is 0 Å². The quantitative estimate of drug-likeness (QED) is 0.842. The maximum Gasteiger partial charge on any atom is 0.0409 e. The molecule has 2 aromatic rings. The number of halogens is 1. The summed E-state index contributed by atoms with van der Waals surface area (Å²) >= 11 is 7.84. The van der Waals surface area contributed by atoms with Crippen LogP contribution in [0.4, 0.5) is 0 Å². The average molecular weight is 280 g/mol. The molecule has 0 fully saturated rings. The predicted octanol–water partition coefficient (Wildman–Crippen LogP) is 4.87. The van der Waals surface area contributed by atoms with Crippen LogP contribution in [0.3, 0.4) is 0 Å². The Hall–Kier alpha value is -0.830. The molecule has 96 valence electrons. The van der Waals surface area contributed by atoms with Crippen molar-refractivity contribution >= 4 is 22.9 Å². The van der Waals surface area contributed by atoms with Crippen LogP contribution < -0.4 is 5.32 Å². The second kappa shape index (κ2) is 5.87. The molecule has 1 atom stereocenters. The van der Waals surface area contributed by atoms with Crippen LogP contribution in [-0.2, 0) is 6.54 Å². The van der Waals surface area contributed by atoms with Crippen LogP contribution in [0, 0.1) is 13.8 Å². The topological polar surface area (TPSA) is 12.0 Å². The van der Waals surface area contributed by atoms with Crippen LogP contribution in [0.5, 0.6) is 0 Å². The molecular weight excluding hydrogens is 262 g/mol. The molecular formula is C15H18ClNS. The van der Waals surface area contributed by atoms with Gasteiger partial charge in [-0.15, -0.1) is 11.3 Å². The molecule has 0 aliphatic carbocycles. The predicted molar refractivity (Wildman–Crippen MR) is 80.5 cm³/mol. The Bertz CT molecular complexity index is 533. The first-order valence-electron chi connectivity index (χ1n) is 6.11. The molecule has 1 aromatic heterocycles. The van der Waals surface area contributed by atoms with Crippen molar-refractivity contribution in [1.82, 2.24) is 5.32 Å². The molecule has 0 saturated heterocycles. The molecule has 0 aliphatic heterocycles. The van der Waals surface area contributed by atoms with E-state index in [2.05, 4.69) is 38.2 Å². The summed E-state index contributed by atoms with van der Waals surface area (Å²) in [6.07, 6.45) is 0. The van der Waals surface area contributed by atoms with E-state index in [-0.39, 0.29) is 0 Å². The first-order valence-corrected chi connectivity index (χ1v) is 7.30. The van der Waals surface area contributed by atoms with Crippen molar-refractivity contribution < 1.29 is 0 Å². The maximum atomic E-state index is 5.98. The van der Waals surface area contributed by atoms with Crippen molar-refractivity contribution in [2.45, 2.75) is 33.4 Å². The Balaban J connectivity index is 2.00. The molecule has 0 amide bonds. The van der Waals surface area contributed by atoms with Crippen molar-refractivity contribution in [2.24, 2.45) is 0 Å². The lowest BCUT2D eigenvalue weighted by Crippen LogP contribution is -2.18. The standard InChI is InChI=1S/C15H18ClNS/c1-10-7-15(12(3)18-10)11(2)17-9-13-5-4-6-14(16)8-13/h4-8,11,17H,9H2,1-3H3. The van der Waals surface area contributed by atoms with Crippen LogP contribution in [0.15, 0.2) is 30.3 Å². The molecule has 0 spiro atoms. The van der Waals surface area contributed by atoms with Crippen LogP contribution in [-0.4, -0.2) is 0 Å². The Labute approximate surface area is 118 Å². The van der Waals surface area contributed by atoms with Gasteiger partial charge < -0.3 is 5.32 Å². The van der Waals surface area contributed by atoms with Crippen molar-refractivity contribution in [3.05, 3.63) is 56.2 Å². The third kappa shape index (κ3) is 3.35. The van der Waals surface area contributed by atoms with E-state index in [9.17, 15) is 0 Å². The van der Waals surface area contributed by atoms with Crippen molar-refractivity contribution in [3.8, 4) is 0 Å². The summed E-state index contributed by atoms with van der Waals surface area (Å²) in [5.74, 6) is 0. The van der Waals surface area contributed by atoms with Crippen LogP contribution in [0.2, 0.25) is 5.02 Å². The smallest absolute Gasteiger partial charge is 0.0409 e. The fourth-order valence-electron chi connectivity index (χ4n) is 2.11. The van der Waals surface area contributed by atoms with Gasteiger partial charge in [0.05, 0.1) is 0 Å². The zero-order valence-corrected chi connectivity index (χ0v) is 12.5. The normalized spacial score (nSPS) is 12.7. The molecule has 1 unspecified atom stereocenters. The number of rotatable bonds is 4. The Morgan fingerprint density at radius 1 is 1.28 bits per heavy atom. The van der Waals surface area contributed by atoms with Gasteiger partial charge in [0.15, 0.2) is 0 Å². The summed E-state index contributed by atoms with van der Waals surface area (Å²) in [6, 6.07) is 10.6. The summed E-state index contributed by atoms with van der Waals surface area (Å²) in [6.45, 7) is 7.39. The molecule has 18 heavy (non-hydrogen) atoms. The molecule has 0 radical (unpaired) electrons. The lowest BCUT2D eigenvalue weighted by Gasteiger charge is -2.14. The van der Waals surface area contributed by atoms with Gasteiger partial charge in [0.25, 0.3) is 0 Å². The highest BCUT2D eigenvalue weighted by Gasteiger charge is 2.10. The number of thiophene rings is 1. The molecule has 1 nitrogen and oxygen atoms in total. The van der Waals surface area contributed by atoms with E-state index in [0.717, 1.165) is 11.6 Å². The second-order valence-electron chi connectivity index (χ2n) is 4.60. The fraction of sp³-hybridized carbons (Fsp3) is 0.333. The van der Waals surface area contributed by atoms with E-state index in [4.69, 9.17) is 11.6 Å². The third-order valence-corrected chi connectivity index (χ3v) is 4.26. The van der Waals surface area contributed by atoms with Gasteiger partial charge in [-0.1, -0.05) is 23.7 Å². The van der Waals surface area contributed by atoms with E-state index in [1.165, 1.54) is 20.9 Å². The van der Waals surface area contributed by atoms with Gasteiger partial charge in [-0.2, -0.15) is 0 Å². The minimum atomic E-state index is 0.369. The van der Waals surface area contributed by atoms with E-state index in [0.29, 0.717) is 6.04 Å². The SMILES string of the molecule is Cc1cc(C(C)NCc2cccc(Cl)c2)c(C)s1. The fourth-order valence-corrected chi connectivity index (χ4v) is 3.34. The summed E-state index contributed by atoms with van der Waals surface area (Å²) in [5, 5.41) is 4.34. The third-order valence-electron chi connectivity index (χ3n) is 3.05. The maximum absolute atomic E-state index is 5.98. The highest BCUT2D eigenvalue weighted by molar-refractivity contribution is 7.12. The number of nitrogens with one attached hydrogen (secondary N) is 1. The lowest BCUT2D eigenvalue weighted by atomic mass is 10.1. The monoisotopic (exact) mass is 279 g/mol. The van der Waals surface area contributed by atoms with Gasteiger partial charge in [-0.05, 0) is 50.1 Å². The molecule has 1 heterocycles. The van der Waals surface area contributed by atoms with Gasteiger partial charge in [0.1, 0.15) is 0 Å². The molecule has 0 bridgehead atoms. The van der Waals surface area contributed by atoms with Gasteiger partial charge in [-0.3, -0.25) is 0 Å². The number of hydrogen-bond donors (Lipinski definition) is 1. The second-order valence-corrected chi connectivity index (χ2v) is 6.50. The number of aryl methyl sites for hydroxylation is 2. The molecule has 0 saturated carbocycles. The highest BCUT2D eigenvalue weighted by Crippen LogP contribution is 2.26. The number of hydrogen-bond acceptors (Lipinski definition) is 2. The Kier molecular flexibility index (Phi) is 4.44. The summed E-state index contributed by atoms with van der Waals surface area (Å²) in [7, 11) is 0. The van der Waals surface area contributed by atoms with Crippen LogP contribution in [0.25, 0.3) is 0 Å². The van der Waals surface area contributed by atoms with Crippen molar-refractivity contribution in [3.63, 3.8) is 0 Å². The first-order chi connectivity index (χ1) is 8.56. The largest absolute Gasteiger partial charge is 0.306 e. The van der Waals surface area contributed by atoms with E-state index in [1.54, 1.807) is 0 Å². The lowest BCUT2D eigenvalue weighted by molar-refractivity contribution is 0.574. The van der Waals surface area contributed by atoms with Crippen LogP contribution in [0.1, 0.15) is 33.8 Å².